The minimum atomic E-state index is -0.918. The summed E-state index contributed by atoms with van der Waals surface area (Å²) in [6.07, 6.45) is 1.22. The first-order valence-electron chi connectivity index (χ1n) is 12.0. The number of nitrogens with zero attached hydrogens (tertiary/aromatic N) is 1. The summed E-state index contributed by atoms with van der Waals surface area (Å²) in [5.74, 6) is -0.199. The summed E-state index contributed by atoms with van der Waals surface area (Å²) in [7, 11) is 1.31. The Morgan fingerprint density at radius 1 is 1.00 bits per heavy atom. The molecule has 3 N–H and O–H groups in total. The zero-order valence-corrected chi connectivity index (χ0v) is 21.2. The SMILES string of the molecule is COC(=O)c1cnc([C@H](Cc2ccccc2)C[C@H](O)[C@H](Cc2ccccc2)NC(=O)OC(C)(C)C)[nH]1. The van der Waals surface area contributed by atoms with Crippen LogP contribution in [0.1, 0.15) is 60.5 Å². The normalized spacial score (nSPS) is 13.9. The molecule has 0 bridgehead atoms. The van der Waals surface area contributed by atoms with Gasteiger partial charge < -0.3 is 24.9 Å². The lowest BCUT2D eigenvalue weighted by atomic mass is 9.89. The lowest BCUT2D eigenvalue weighted by Crippen LogP contribution is -2.47. The summed E-state index contributed by atoms with van der Waals surface area (Å²) in [5, 5.41) is 14.2. The summed E-state index contributed by atoms with van der Waals surface area (Å²) in [6, 6.07) is 18.9. The summed E-state index contributed by atoms with van der Waals surface area (Å²) in [4.78, 5) is 32.0. The van der Waals surface area contributed by atoms with Gasteiger partial charge in [0, 0.05) is 5.92 Å². The van der Waals surface area contributed by atoms with Gasteiger partial charge in [-0.3, -0.25) is 0 Å². The monoisotopic (exact) mass is 493 g/mol. The second kappa shape index (κ2) is 12.4. The largest absolute Gasteiger partial charge is 0.464 e. The standard InChI is InChI=1S/C28H35N3O5/c1-28(2,3)36-27(34)31-22(16-20-13-9-6-10-14-20)24(32)17-21(15-19-11-7-5-8-12-19)25-29-18-23(30-25)26(33)35-4/h5-14,18,21-22,24,32H,15-17H2,1-4H3,(H,29,30)(H,31,34)/t21-,22+,24+/m1/s1. The second-order valence-electron chi connectivity index (χ2n) is 9.81. The average Bonchev–Trinajstić information content (AvgIpc) is 3.33. The Morgan fingerprint density at radius 2 is 1.58 bits per heavy atom. The fourth-order valence-electron chi connectivity index (χ4n) is 4.01. The topological polar surface area (TPSA) is 114 Å². The number of carbonyl (C=O) groups excluding carboxylic acids is 2. The quantitative estimate of drug-likeness (QED) is 0.361. The second-order valence-corrected chi connectivity index (χ2v) is 9.81. The van der Waals surface area contributed by atoms with Gasteiger partial charge in [-0.1, -0.05) is 60.7 Å². The van der Waals surface area contributed by atoms with Crippen LogP contribution in [-0.4, -0.2) is 52.0 Å². The highest BCUT2D eigenvalue weighted by atomic mass is 16.6. The van der Waals surface area contributed by atoms with Gasteiger partial charge in [0.05, 0.1) is 25.5 Å². The summed E-state index contributed by atoms with van der Waals surface area (Å²) < 4.78 is 10.2. The van der Waals surface area contributed by atoms with Gasteiger partial charge >= 0.3 is 12.1 Å². The molecule has 0 fully saturated rings. The molecule has 3 atom stereocenters. The number of aliphatic hydroxyl groups is 1. The number of aromatic nitrogens is 2. The van der Waals surface area contributed by atoms with Crippen LogP contribution in [0.25, 0.3) is 0 Å². The van der Waals surface area contributed by atoms with Gasteiger partial charge in [0.1, 0.15) is 17.1 Å². The minimum absolute atomic E-state index is 0.243. The van der Waals surface area contributed by atoms with E-state index in [1.54, 1.807) is 20.8 Å². The van der Waals surface area contributed by atoms with Crippen molar-refractivity contribution in [1.29, 1.82) is 0 Å². The highest BCUT2D eigenvalue weighted by Crippen LogP contribution is 2.26. The highest BCUT2D eigenvalue weighted by molar-refractivity contribution is 5.86. The number of methoxy groups -OCH3 is 1. The number of nitrogens with one attached hydrogen (secondary N) is 2. The Hall–Kier alpha value is -3.65. The van der Waals surface area contributed by atoms with E-state index < -0.39 is 29.8 Å². The molecule has 8 nitrogen and oxygen atoms in total. The lowest BCUT2D eigenvalue weighted by molar-refractivity contribution is 0.0403. The Balaban J connectivity index is 1.84. The molecule has 1 amide bonds. The number of H-pyrrole nitrogens is 1. The van der Waals surface area contributed by atoms with E-state index in [9.17, 15) is 14.7 Å². The van der Waals surface area contributed by atoms with Crippen molar-refractivity contribution in [3.05, 3.63) is 89.5 Å². The smallest absolute Gasteiger partial charge is 0.407 e. The molecule has 0 radical (unpaired) electrons. The van der Waals surface area contributed by atoms with E-state index >= 15 is 0 Å². The molecule has 0 saturated heterocycles. The Morgan fingerprint density at radius 3 is 2.14 bits per heavy atom. The van der Waals surface area contributed by atoms with Gasteiger partial charge in [-0.2, -0.15) is 0 Å². The number of aromatic amines is 1. The molecule has 1 heterocycles. The molecule has 0 aliphatic heterocycles. The van der Waals surface area contributed by atoms with Gasteiger partial charge in [-0.25, -0.2) is 14.6 Å². The third-order valence-corrected chi connectivity index (χ3v) is 5.70. The molecular formula is C28H35N3O5. The van der Waals surface area contributed by atoms with Crippen LogP contribution in [0.4, 0.5) is 4.79 Å². The van der Waals surface area contributed by atoms with E-state index in [2.05, 4.69) is 15.3 Å². The number of hydrogen-bond acceptors (Lipinski definition) is 6. The molecule has 3 aromatic rings. The number of carbonyl (C=O) groups is 2. The molecule has 8 heteroatoms. The van der Waals surface area contributed by atoms with Crippen molar-refractivity contribution in [2.24, 2.45) is 0 Å². The number of benzene rings is 2. The van der Waals surface area contributed by atoms with E-state index in [1.165, 1.54) is 13.3 Å². The fourth-order valence-corrected chi connectivity index (χ4v) is 4.01. The number of imidazole rings is 1. The van der Waals surface area contributed by atoms with Crippen LogP contribution < -0.4 is 5.32 Å². The number of amides is 1. The number of alkyl carbamates (subject to hydrolysis) is 1. The third-order valence-electron chi connectivity index (χ3n) is 5.70. The van der Waals surface area contributed by atoms with Crippen LogP contribution in [0, 0.1) is 0 Å². The van der Waals surface area contributed by atoms with Crippen molar-refractivity contribution in [3.63, 3.8) is 0 Å². The molecule has 0 unspecified atom stereocenters. The Labute approximate surface area is 212 Å². The van der Waals surface area contributed by atoms with Crippen molar-refractivity contribution in [1.82, 2.24) is 15.3 Å². The molecule has 0 aliphatic rings. The Bertz CT molecular complexity index is 1110. The van der Waals surface area contributed by atoms with Crippen LogP contribution in [0.2, 0.25) is 0 Å². The van der Waals surface area contributed by atoms with E-state index in [0.717, 1.165) is 11.1 Å². The number of ether oxygens (including phenoxy) is 2. The molecule has 3 rings (SSSR count). The minimum Gasteiger partial charge on any atom is -0.464 e. The van der Waals surface area contributed by atoms with Crippen LogP contribution in [0.3, 0.4) is 0 Å². The van der Waals surface area contributed by atoms with Gasteiger partial charge in [0.15, 0.2) is 0 Å². The molecule has 0 aliphatic carbocycles. The molecule has 36 heavy (non-hydrogen) atoms. The maximum Gasteiger partial charge on any atom is 0.407 e. The van der Waals surface area contributed by atoms with E-state index in [1.807, 2.05) is 60.7 Å². The predicted molar refractivity (Wildman–Crippen MR) is 137 cm³/mol. The number of aliphatic hydroxyl groups excluding tert-OH is 1. The molecular weight excluding hydrogens is 458 g/mol. The zero-order valence-electron chi connectivity index (χ0n) is 21.2. The van der Waals surface area contributed by atoms with Crippen LogP contribution in [0.15, 0.2) is 66.9 Å². The van der Waals surface area contributed by atoms with Gasteiger partial charge in [0.25, 0.3) is 0 Å². The van der Waals surface area contributed by atoms with Gasteiger partial charge in [-0.15, -0.1) is 0 Å². The van der Waals surface area contributed by atoms with E-state index in [4.69, 9.17) is 9.47 Å². The first kappa shape index (κ1) is 26.9. The first-order chi connectivity index (χ1) is 17.1. The first-order valence-corrected chi connectivity index (χ1v) is 12.0. The van der Waals surface area contributed by atoms with Crippen LogP contribution in [0.5, 0.6) is 0 Å². The summed E-state index contributed by atoms with van der Waals surface area (Å²) in [5.41, 5.74) is 1.61. The van der Waals surface area contributed by atoms with Crippen molar-refractivity contribution in [2.45, 2.75) is 63.7 Å². The van der Waals surface area contributed by atoms with Crippen molar-refractivity contribution >= 4 is 12.1 Å². The Kier molecular flexibility index (Phi) is 9.25. The highest BCUT2D eigenvalue weighted by Gasteiger charge is 2.29. The van der Waals surface area contributed by atoms with Gasteiger partial charge in [-0.05, 0) is 51.2 Å². The van der Waals surface area contributed by atoms with Crippen molar-refractivity contribution in [2.75, 3.05) is 7.11 Å². The maximum atomic E-state index is 12.6. The van der Waals surface area contributed by atoms with Crippen molar-refractivity contribution < 1.29 is 24.2 Å². The summed E-state index contributed by atoms with van der Waals surface area (Å²) in [6.45, 7) is 5.38. The number of rotatable bonds is 10. The molecule has 0 saturated carbocycles. The lowest BCUT2D eigenvalue weighted by Gasteiger charge is -2.29. The number of hydrogen-bond donors (Lipinski definition) is 3. The summed E-state index contributed by atoms with van der Waals surface area (Å²) >= 11 is 0. The molecule has 2 aromatic carbocycles. The van der Waals surface area contributed by atoms with Crippen LogP contribution >= 0.6 is 0 Å². The van der Waals surface area contributed by atoms with Crippen molar-refractivity contribution in [3.8, 4) is 0 Å². The average molecular weight is 494 g/mol. The molecule has 192 valence electrons. The fraction of sp³-hybridized carbons (Fsp3) is 0.393. The van der Waals surface area contributed by atoms with Gasteiger partial charge in [0.2, 0.25) is 0 Å². The molecule has 0 spiro atoms. The third kappa shape index (κ3) is 8.23. The predicted octanol–water partition coefficient (Wildman–Crippen LogP) is 4.41. The van der Waals surface area contributed by atoms with E-state index in [0.29, 0.717) is 18.7 Å². The zero-order chi connectivity index (χ0) is 26.1. The number of esters is 1. The van der Waals surface area contributed by atoms with E-state index in [-0.39, 0.29) is 18.0 Å². The molecule has 1 aromatic heterocycles. The maximum absolute atomic E-state index is 12.6. The van der Waals surface area contributed by atoms with Crippen LogP contribution in [-0.2, 0) is 22.3 Å².